The van der Waals surface area contributed by atoms with Crippen LogP contribution in [0.1, 0.15) is 48.9 Å². The molecule has 2 atom stereocenters. The maximum absolute atomic E-state index is 13.0. The fourth-order valence-electron chi connectivity index (χ4n) is 5.40. The standard InChI is InChI=1S/C18H21BrN2O2/c19-18-8-11-5-12(9-18)7-17(6-11,10-18)16(23)21-14-3-1-13(2-4-14)15(20)22/h1-4,11-12H,5-10H2,(H2,20,22)(H,21,23). The summed E-state index contributed by atoms with van der Waals surface area (Å²) in [6.07, 6.45) is 6.69. The Bertz CT molecular complexity index is 656. The number of amides is 2. The van der Waals surface area contributed by atoms with Crippen LogP contribution in [0, 0.1) is 17.3 Å². The summed E-state index contributed by atoms with van der Waals surface area (Å²) in [5.41, 5.74) is 6.22. The summed E-state index contributed by atoms with van der Waals surface area (Å²) in [5, 5.41) is 3.07. The predicted molar refractivity (Wildman–Crippen MR) is 92.4 cm³/mol. The average Bonchev–Trinajstić information content (AvgIpc) is 2.45. The maximum Gasteiger partial charge on any atom is 0.248 e. The monoisotopic (exact) mass is 376 g/mol. The predicted octanol–water partition coefficient (Wildman–Crippen LogP) is 3.46. The van der Waals surface area contributed by atoms with E-state index in [1.165, 1.54) is 19.3 Å². The van der Waals surface area contributed by atoms with Crippen molar-refractivity contribution in [3.63, 3.8) is 0 Å². The Morgan fingerprint density at radius 1 is 1.09 bits per heavy atom. The number of halogens is 1. The maximum atomic E-state index is 13.0. The molecule has 1 aromatic carbocycles. The normalized spacial score (nSPS) is 37.6. The second-order valence-corrected chi connectivity index (χ2v) is 9.47. The van der Waals surface area contributed by atoms with Crippen molar-refractivity contribution in [1.29, 1.82) is 0 Å². The van der Waals surface area contributed by atoms with Crippen molar-refractivity contribution in [2.45, 2.75) is 42.8 Å². The molecule has 4 nitrogen and oxygen atoms in total. The first-order valence-electron chi connectivity index (χ1n) is 8.28. The molecule has 2 amide bonds. The molecule has 0 spiro atoms. The molecule has 5 rings (SSSR count). The topological polar surface area (TPSA) is 72.2 Å². The van der Waals surface area contributed by atoms with Gasteiger partial charge in [-0.25, -0.2) is 0 Å². The van der Waals surface area contributed by atoms with Crippen molar-refractivity contribution < 1.29 is 9.59 Å². The Balaban J connectivity index is 1.54. The third-order valence-corrected chi connectivity index (χ3v) is 6.83. The number of carbonyl (C=O) groups is 2. The molecule has 0 heterocycles. The summed E-state index contributed by atoms with van der Waals surface area (Å²) in [6.45, 7) is 0. The van der Waals surface area contributed by atoms with Gasteiger partial charge >= 0.3 is 0 Å². The lowest BCUT2D eigenvalue weighted by molar-refractivity contribution is -0.138. The van der Waals surface area contributed by atoms with Gasteiger partial charge in [-0.15, -0.1) is 0 Å². The van der Waals surface area contributed by atoms with E-state index in [0.717, 1.165) is 24.9 Å². The smallest absolute Gasteiger partial charge is 0.248 e. The quantitative estimate of drug-likeness (QED) is 0.792. The lowest BCUT2D eigenvalue weighted by Gasteiger charge is -2.59. The molecule has 0 aliphatic heterocycles. The lowest BCUT2D eigenvalue weighted by Crippen LogP contribution is -2.57. The molecule has 122 valence electrons. The van der Waals surface area contributed by atoms with Crippen molar-refractivity contribution in [3.8, 4) is 0 Å². The number of carbonyl (C=O) groups excluding carboxylic acids is 2. The number of anilines is 1. The fraction of sp³-hybridized carbons (Fsp3) is 0.556. The van der Waals surface area contributed by atoms with Gasteiger partial charge < -0.3 is 11.1 Å². The number of rotatable bonds is 3. The van der Waals surface area contributed by atoms with Crippen molar-refractivity contribution in [1.82, 2.24) is 0 Å². The first-order chi connectivity index (χ1) is 10.9. The Morgan fingerprint density at radius 2 is 1.70 bits per heavy atom. The Hall–Kier alpha value is -1.36. The number of nitrogens with one attached hydrogen (secondary N) is 1. The van der Waals surface area contributed by atoms with E-state index < -0.39 is 5.91 Å². The van der Waals surface area contributed by atoms with Gasteiger partial charge in [0.15, 0.2) is 0 Å². The summed E-state index contributed by atoms with van der Waals surface area (Å²) in [7, 11) is 0. The summed E-state index contributed by atoms with van der Waals surface area (Å²) >= 11 is 3.94. The molecular weight excluding hydrogens is 356 g/mol. The van der Waals surface area contributed by atoms with Crippen LogP contribution in [0.5, 0.6) is 0 Å². The van der Waals surface area contributed by atoms with Gasteiger partial charge in [0.25, 0.3) is 0 Å². The SMILES string of the molecule is NC(=O)c1ccc(NC(=O)C23CC4CC(CC(Br)(C4)C2)C3)cc1. The van der Waals surface area contributed by atoms with Crippen LogP contribution < -0.4 is 11.1 Å². The van der Waals surface area contributed by atoms with Gasteiger partial charge in [0.1, 0.15) is 0 Å². The molecule has 4 saturated carbocycles. The highest BCUT2D eigenvalue weighted by Gasteiger charge is 2.59. The van der Waals surface area contributed by atoms with Crippen molar-refractivity contribution >= 4 is 33.4 Å². The zero-order valence-corrected chi connectivity index (χ0v) is 14.6. The molecular formula is C18H21BrN2O2. The minimum Gasteiger partial charge on any atom is -0.366 e. The largest absolute Gasteiger partial charge is 0.366 e. The molecule has 0 saturated heterocycles. The molecule has 4 aliphatic carbocycles. The van der Waals surface area contributed by atoms with Gasteiger partial charge in [0.05, 0.1) is 5.41 Å². The number of benzene rings is 1. The molecule has 1 aromatic rings. The van der Waals surface area contributed by atoms with Crippen LogP contribution in [0.4, 0.5) is 5.69 Å². The second kappa shape index (κ2) is 5.07. The van der Waals surface area contributed by atoms with Gasteiger partial charge in [0, 0.05) is 15.6 Å². The van der Waals surface area contributed by atoms with Crippen LogP contribution in [0.15, 0.2) is 24.3 Å². The molecule has 4 fully saturated rings. The molecule has 0 aromatic heterocycles. The van der Waals surface area contributed by atoms with E-state index in [9.17, 15) is 9.59 Å². The van der Waals surface area contributed by atoms with Crippen LogP contribution in [0.2, 0.25) is 0 Å². The molecule has 2 unspecified atom stereocenters. The van der Waals surface area contributed by atoms with Crippen molar-refractivity contribution in [3.05, 3.63) is 29.8 Å². The third kappa shape index (κ3) is 2.59. The lowest BCUT2D eigenvalue weighted by atomic mass is 9.49. The van der Waals surface area contributed by atoms with E-state index in [2.05, 4.69) is 21.2 Å². The molecule has 23 heavy (non-hydrogen) atoms. The minimum atomic E-state index is -0.454. The highest BCUT2D eigenvalue weighted by Crippen LogP contribution is 2.64. The fourth-order valence-corrected chi connectivity index (χ4v) is 6.85. The van der Waals surface area contributed by atoms with E-state index in [0.29, 0.717) is 17.4 Å². The average molecular weight is 377 g/mol. The van der Waals surface area contributed by atoms with Crippen LogP contribution in [-0.2, 0) is 4.79 Å². The summed E-state index contributed by atoms with van der Waals surface area (Å²) in [4.78, 5) is 24.1. The summed E-state index contributed by atoms with van der Waals surface area (Å²) in [6, 6.07) is 6.82. The number of hydrogen-bond donors (Lipinski definition) is 2. The summed E-state index contributed by atoms with van der Waals surface area (Å²) in [5.74, 6) is 1.05. The zero-order chi connectivity index (χ0) is 16.2. The van der Waals surface area contributed by atoms with Gasteiger partial charge in [0.2, 0.25) is 11.8 Å². The van der Waals surface area contributed by atoms with E-state index in [1.807, 2.05) is 0 Å². The highest BCUT2D eigenvalue weighted by molar-refractivity contribution is 9.10. The highest BCUT2D eigenvalue weighted by atomic mass is 79.9. The zero-order valence-electron chi connectivity index (χ0n) is 13.0. The number of hydrogen-bond acceptors (Lipinski definition) is 2. The van der Waals surface area contributed by atoms with E-state index in [-0.39, 0.29) is 15.6 Å². The van der Waals surface area contributed by atoms with Crippen LogP contribution in [-0.4, -0.2) is 16.1 Å². The van der Waals surface area contributed by atoms with Crippen molar-refractivity contribution in [2.24, 2.45) is 23.0 Å². The van der Waals surface area contributed by atoms with Gasteiger partial charge in [-0.1, -0.05) is 15.9 Å². The Kier molecular flexibility index (Phi) is 3.34. The van der Waals surface area contributed by atoms with Gasteiger partial charge in [-0.2, -0.15) is 0 Å². The Labute approximate surface area is 144 Å². The number of primary amides is 1. The number of nitrogens with two attached hydrogens (primary N) is 1. The van der Waals surface area contributed by atoms with Gasteiger partial charge in [-0.05, 0) is 74.6 Å². The third-order valence-electron chi connectivity index (χ3n) is 5.90. The van der Waals surface area contributed by atoms with Crippen molar-refractivity contribution in [2.75, 3.05) is 5.32 Å². The van der Waals surface area contributed by atoms with E-state index in [1.54, 1.807) is 24.3 Å². The molecule has 4 aliphatic rings. The first-order valence-corrected chi connectivity index (χ1v) is 9.07. The number of alkyl halides is 1. The van der Waals surface area contributed by atoms with Crippen LogP contribution in [0.25, 0.3) is 0 Å². The second-order valence-electron chi connectivity index (χ2n) is 7.79. The van der Waals surface area contributed by atoms with Crippen LogP contribution in [0.3, 0.4) is 0 Å². The van der Waals surface area contributed by atoms with Crippen LogP contribution >= 0.6 is 15.9 Å². The minimum absolute atomic E-state index is 0.141. The molecule has 3 N–H and O–H groups in total. The first kappa shape index (κ1) is 15.2. The molecule has 4 bridgehead atoms. The molecule has 5 heteroatoms. The van der Waals surface area contributed by atoms with Gasteiger partial charge in [-0.3, -0.25) is 9.59 Å². The van der Waals surface area contributed by atoms with E-state index >= 15 is 0 Å². The molecule has 0 radical (unpaired) electrons. The Morgan fingerprint density at radius 3 is 2.22 bits per heavy atom. The van der Waals surface area contributed by atoms with E-state index in [4.69, 9.17) is 5.73 Å². The summed E-state index contributed by atoms with van der Waals surface area (Å²) < 4.78 is 0.171.